The topological polar surface area (TPSA) is 38.1 Å². The van der Waals surface area contributed by atoms with Crippen LogP contribution in [-0.2, 0) is 6.42 Å². The molecule has 0 amide bonds. The van der Waals surface area contributed by atoms with Crippen LogP contribution in [0.5, 0.6) is 0 Å². The van der Waals surface area contributed by atoms with Crippen molar-refractivity contribution in [2.24, 2.45) is 0 Å². The van der Waals surface area contributed by atoms with E-state index >= 15 is 0 Å². The lowest BCUT2D eigenvalue weighted by Crippen LogP contribution is -2.17. The van der Waals surface area contributed by atoms with Gasteiger partial charge in [-0.25, -0.2) is 4.98 Å². The van der Waals surface area contributed by atoms with Crippen LogP contribution in [0.15, 0.2) is 28.8 Å². The Labute approximate surface area is 133 Å². The molecule has 20 heavy (non-hydrogen) atoms. The van der Waals surface area contributed by atoms with Crippen molar-refractivity contribution in [1.82, 2.24) is 10.3 Å². The molecule has 1 heterocycles. The Hall–Kier alpha value is -0.880. The van der Waals surface area contributed by atoms with Crippen molar-refractivity contribution in [3.05, 3.63) is 39.4 Å². The third-order valence-corrected chi connectivity index (χ3v) is 5.02. The number of nitrogens with one attached hydrogen (secondary N) is 1. The predicted octanol–water partition coefficient (Wildman–Crippen LogP) is 3.94. The number of aromatic nitrogens is 1. The first-order valence-electron chi connectivity index (χ1n) is 7.17. The van der Waals surface area contributed by atoms with Crippen LogP contribution in [-0.4, -0.2) is 17.6 Å². The number of oxazole rings is 1. The van der Waals surface area contributed by atoms with Crippen molar-refractivity contribution in [3.63, 3.8) is 0 Å². The van der Waals surface area contributed by atoms with Gasteiger partial charge in [0.1, 0.15) is 0 Å². The van der Waals surface area contributed by atoms with Gasteiger partial charge in [-0.1, -0.05) is 18.2 Å². The van der Waals surface area contributed by atoms with Crippen molar-refractivity contribution in [3.8, 4) is 11.3 Å². The third kappa shape index (κ3) is 3.41. The summed E-state index contributed by atoms with van der Waals surface area (Å²) in [6, 6.07) is 7.05. The van der Waals surface area contributed by atoms with E-state index in [1.54, 1.807) is 0 Å². The monoisotopic (exact) mass is 382 g/mol. The van der Waals surface area contributed by atoms with Gasteiger partial charge in [0.05, 0.1) is 6.20 Å². The quantitative estimate of drug-likeness (QED) is 0.608. The van der Waals surface area contributed by atoms with E-state index in [0.717, 1.165) is 42.6 Å². The highest BCUT2D eigenvalue weighted by molar-refractivity contribution is 14.1. The standard InChI is InChI=1S/C16H19IN2O/c1-11-4-2-5-13(16(11)17)14-10-19-15(20-14)6-3-9-18-12-7-8-12/h2,4-5,10,12,18H,3,6-9H2,1H3. The van der Waals surface area contributed by atoms with E-state index < -0.39 is 0 Å². The zero-order valence-electron chi connectivity index (χ0n) is 11.7. The molecular weight excluding hydrogens is 363 g/mol. The summed E-state index contributed by atoms with van der Waals surface area (Å²) in [4.78, 5) is 4.40. The van der Waals surface area contributed by atoms with Gasteiger partial charge in [0.15, 0.2) is 11.7 Å². The number of hydrogen-bond donors (Lipinski definition) is 1. The van der Waals surface area contributed by atoms with Gasteiger partial charge in [-0.2, -0.15) is 0 Å². The van der Waals surface area contributed by atoms with Crippen LogP contribution >= 0.6 is 22.6 Å². The van der Waals surface area contributed by atoms with E-state index in [-0.39, 0.29) is 0 Å². The number of nitrogens with zero attached hydrogens (tertiary/aromatic N) is 1. The fraction of sp³-hybridized carbons (Fsp3) is 0.438. The summed E-state index contributed by atoms with van der Waals surface area (Å²) in [5, 5.41) is 3.51. The number of halogens is 1. The second-order valence-electron chi connectivity index (χ2n) is 5.39. The van der Waals surface area contributed by atoms with Crippen molar-refractivity contribution in [1.29, 1.82) is 0 Å². The Morgan fingerprint density at radius 3 is 3.05 bits per heavy atom. The van der Waals surface area contributed by atoms with Crippen molar-refractivity contribution in [2.45, 2.75) is 38.6 Å². The van der Waals surface area contributed by atoms with Crippen molar-refractivity contribution < 1.29 is 4.42 Å². The third-order valence-electron chi connectivity index (χ3n) is 3.59. The van der Waals surface area contributed by atoms with Crippen LogP contribution in [0.4, 0.5) is 0 Å². The molecule has 1 aliphatic rings. The maximum absolute atomic E-state index is 5.88. The summed E-state index contributed by atoms with van der Waals surface area (Å²) >= 11 is 2.37. The predicted molar refractivity (Wildman–Crippen MR) is 88.7 cm³/mol. The molecule has 0 atom stereocenters. The average Bonchev–Trinajstić information content (AvgIpc) is 3.15. The van der Waals surface area contributed by atoms with Gasteiger partial charge >= 0.3 is 0 Å². The summed E-state index contributed by atoms with van der Waals surface area (Å²) in [7, 11) is 0. The Bertz CT molecular complexity index is 590. The summed E-state index contributed by atoms with van der Waals surface area (Å²) < 4.78 is 7.12. The van der Waals surface area contributed by atoms with Crippen LogP contribution < -0.4 is 5.32 Å². The maximum atomic E-state index is 5.88. The van der Waals surface area contributed by atoms with Crippen molar-refractivity contribution in [2.75, 3.05) is 6.54 Å². The molecule has 0 saturated heterocycles. The molecule has 1 N–H and O–H groups in total. The molecule has 0 spiro atoms. The highest BCUT2D eigenvalue weighted by Crippen LogP contribution is 2.28. The minimum absolute atomic E-state index is 0.781. The minimum atomic E-state index is 0.781. The lowest BCUT2D eigenvalue weighted by Gasteiger charge is -2.03. The van der Waals surface area contributed by atoms with Gasteiger partial charge in [-0.15, -0.1) is 0 Å². The summed E-state index contributed by atoms with van der Waals surface area (Å²) in [5.74, 6) is 1.72. The summed E-state index contributed by atoms with van der Waals surface area (Å²) in [6.45, 7) is 3.18. The summed E-state index contributed by atoms with van der Waals surface area (Å²) in [5.41, 5.74) is 2.41. The second kappa shape index (κ2) is 6.26. The van der Waals surface area contributed by atoms with Gasteiger partial charge in [-0.3, -0.25) is 0 Å². The van der Waals surface area contributed by atoms with E-state index in [1.165, 1.54) is 22.0 Å². The van der Waals surface area contributed by atoms with Crippen LogP contribution in [0.2, 0.25) is 0 Å². The molecule has 0 radical (unpaired) electrons. The first-order valence-corrected chi connectivity index (χ1v) is 8.25. The molecule has 4 heteroatoms. The van der Waals surface area contributed by atoms with E-state index in [4.69, 9.17) is 4.42 Å². The normalized spacial score (nSPS) is 14.7. The van der Waals surface area contributed by atoms with Crippen LogP contribution in [0.25, 0.3) is 11.3 Å². The minimum Gasteiger partial charge on any atom is -0.441 e. The molecule has 3 rings (SSSR count). The first kappa shape index (κ1) is 14.1. The van der Waals surface area contributed by atoms with E-state index in [9.17, 15) is 0 Å². The number of rotatable bonds is 6. The lowest BCUT2D eigenvalue weighted by molar-refractivity contribution is 0.491. The molecule has 1 aliphatic carbocycles. The van der Waals surface area contributed by atoms with Crippen LogP contribution in [0.1, 0.15) is 30.7 Å². The number of aryl methyl sites for hydroxylation is 2. The Kier molecular flexibility index (Phi) is 4.41. The highest BCUT2D eigenvalue weighted by Gasteiger charge is 2.19. The molecule has 0 aliphatic heterocycles. The van der Waals surface area contributed by atoms with Gasteiger partial charge < -0.3 is 9.73 Å². The molecule has 1 saturated carbocycles. The summed E-state index contributed by atoms with van der Waals surface area (Å²) in [6.07, 6.45) is 6.52. The SMILES string of the molecule is Cc1cccc(-c2cnc(CCCNC3CC3)o2)c1I. The molecule has 3 nitrogen and oxygen atoms in total. The largest absolute Gasteiger partial charge is 0.441 e. The lowest BCUT2D eigenvalue weighted by atomic mass is 10.1. The molecule has 1 aromatic carbocycles. The van der Waals surface area contributed by atoms with Crippen LogP contribution in [0.3, 0.4) is 0 Å². The van der Waals surface area contributed by atoms with E-state index in [0.29, 0.717) is 0 Å². The average molecular weight is 382 g/mol. The van der Waals surface area contributed by atoms with Crippen molar-refractivity contribution >= 4 is 22.6 Å². The molecule has 1 aromatic heterocycles. The van der Waals surface area contributed by atoms with Gasteiger partial charge in [-0.05, 0) is 60.9 Å². The molecule has 2 aromatic rings. The second-order valence-corrected chi connectivity index (χ2v) is 6.47. The fourth-order valence-corrected chi connectivity index (χ4v) is 2.85. The number of hydrogen-bond acceptors (Lipinski definition) is 3. The molecule has 0 bridgehead atoms. The van der Waals surface area contributed by atoms with Gasteiger partial charge in [0.25, 0.3) is 0 Å². The molecule has 0 unspecified atom stereocenters. The highest BCUT2D eigenvalue weighted by atomic mass is 127. The van der Waals surface area contributed by atoms with Gasteiger partial charge in [0, 0.05) is 21.6 Å². The Balaban J connectivity index is 1.62. The zero-order chi connectivity index (χ0) is 13.9. The molecule has 1 fully saturated rings. The smallest absolute Gasteiger partial charge is 0.194 e. The Morgan fingerprint density at radius 1 is 1.40 bits per heavy atom. The molecule has 106 valence electrons. The zero-order valence-corrected chi connectivity index (χ0v) is 13.8. The first-order chi connectivity index (χ1) is 9.74. The van der Waals surface area contributed by atoms with E-state index in [1.807, 2.05) is 6.20 Å². The van der Waals surface area contributed by atoms with Gasteiger partial charge in [0.2, 0.25) is 0 Å². The fourth-order valence-electron chi connectivity index (χ4n) is 2.22. The number of benzene rings is 1. The van der Waals surface area contributed by atoms with Crippen LogP contribution in [0, 0.1) is 10.5 Å². The maximum Gasteiger partial charge on any atom is 0.194 e. The van der Waals surface area contributed by atoms with E-state index in [2.05, 4.69) is 58.0 Å². The Morgan fingerprint density at radius 2 is 2.25 bits per heavy atom. The molecular formula is C16H19IN2O.